The first kappa shape index (κ1) is 16.0. The lowest BCUT2D eigenvalue weighted by Crippen LogP contribution is -2.20. The molecule has 116 valence electrons. The average Bonchev–Trinajstić information content (AvgIpc) is 2.54. The predicted octanol–water partition coefficient (Wildman–Crippen LogP) is 4.36. The molecule has 2 rings (SSSR count). The third-order valence-corrected chi connectivity index (χ3v) is 3.55. The SMILES string of the molecule is CCC(C)c1ccccc1OCC(=O)Nc1ccc(F)cc1. The van der Waals surface area contributed by atoms with Gasteiger partial charge in [0.25, 0.3) is 5.91 Å². The van der Waals surface area contributed by atoms with Crippen molar-refractivity contribution < 1.29 is 13.9 Å². The number of carbonyl (C=O) groups is 1. The van der Waals surface area contributed by atoms with E-state index in [0.29, 0.717) is 11.6 Å². The fourth-order valence-electron chi connectivity index (χ4n) is 2.11. The van der Waals surface area contributed by atoms with Gasteiger partial charge in [-0.25, -0.2) is 4.39 Å². The molecule has 0 heterocycles. The third-order valence-electron chi connectivity index (χ3n) is 3.55. The van der Waals surface area contributed by atoms with Gasteiger partial charge in [0.1, 0.15) is 11.6 Å². The van der Waals surface area contributed by atoms with E-state index >= 15 is 0 Å². The Labute approximate surface area is 130 Å². The van der Waals surface area contributed by atoms with Crippen LogP contribution in [0, 0.1) is 5.82 Å². The normalized spacial score (nSPS) is 11.8. The van der Waals surface area contributed by atoms with Crippen LogP contribution >= 0.6 is 0 Å². The molecule has 4 heteroatoms. The molecule has 0 bridgehead atoms. The van der Waals surface area contributed by atoms with E-state index in [0.717, 1.165) is 17.7 Å². The third kappa shape index (κ3) is 4.32. The smallest absolute Gasteiger partial charge is 0.262 e. The van der Waals surface area contributed by atoms with Crippen LogP contribution in [0.2, 0.25) is 0 Å². The molecule has 0 spiro atoms. The summed E-state index contributed by atoms with van der Waals surface area (Å²) >= 11 is 0. The van der Waals surface area contributed by atoms with Gasteiger partial charge in [0.05, 0.1) is 0 Å². The van der Waals surface area contributed by atoms with Gasteiger partial charge >= 0.3 is 0 Å². The van der Waals surface area contributed by atoms with Crippen molar-refractivity contribution in [3.63, 3.8) is 0 Å². The maximum atomic E-state index is 12.8. The fourth-order valence-corrected chi connectivity index (χ4v) is 2.11. The van der Waals surface area contributed by atoms with Crippen LogP contribution in [0.1, 0.15) is 31.7 Å². The maximum absolute atomic E-state index is 12.8. The summed E-state index contributed by atoms with van der Waals surface area (Å²) in [5, 5.41) is 2.67. The molecule has 1 atom stereocenters. The van der Waals surface area contributed by atoms with E-state index in [-0.39, 0.29) is 18.3 Å². The molecule has 0 saturated heterocycles. The second-order valence-corrected chi connectivity index (χ2v) is 5.19. The fraction of sp³-hybridized carbons (Fsp3) is 0.278. The maximum Gasteiger partial charge on any atom is 0.262 e. The summed E-state index contributed by atoms with van der Waals surface area (Å²) in [6.45, 7) is 4.16. The van der Waals surface area contributed by atoms with Gasteiger partial charge in [-0.3, -0.25) is 4.79 Å². The predicted molar refractivity (Wildman–Crippen MR) is 85.7 cm³/mol. The number of para-hydroxylation sites is 1. The van der Waals surface area contributed by atoms with Crippen molar-refractivity contribution in [3.05, 3.63) is 59.9 Å². The second kappa shape index (κ2) is 7.59. The average molecular weight is 301 g/mol. The minimum atomic E-state index is -0.336. The number of nitrogens with one attached hydrogen (secondary N) is 1. The Hall–Kier alpha value is -2.36. The molecule has 2 aromatic carbocycles. The topological polar surface area (TPSA) is 38.3 Å². The van der Waals surface area contributed by atoms with Crippen molar-refractivity contribution in [1.82, 2.24) is 0 Å². The standard InChI is InChI=1S/C18H20FNO2/c1-3-13(2)16-6-4-5-7-17(16)22-12-18(21)20-15-10-8-14(19)9-11-15/h4-11,13H,3,12H2,1-2H3,(H,20,21). The van der Waals surface area contributed by atoms with Crippen molar-refractivity contribution in [1.29, 1.82) is 0 Å². The van der Waals surface area contributed by atoms with E-state index in [1.165, 1.54) is 24.3 Å². The van der Waals surface area contributed by atoms with Crippen molar-refractivity contribution in [2.75, 3.05) is 11.9 Å². The van der Waals surface area contributed by atoms with Crippen LogP contribution in [0.3, 0.4) is 0 Å². The Balaban J connectivity index is 1.95. The first-order valence-electron chi connectivity index (χ1n) is 7.37. The molecule has 2 aromatic rings. The van der Waals surface area contributed by atoms with Crippen LogP contribution < -0.4 is 10.1 Å². The Bertz CT molecular complexity index is 625. The molecule has 0 fully saturated rings. The zero-order chi connectivity index (χ0) is 15.9. The highest BCUT2D eigenvalue weighted by atomic mass is 19.1. The molecule has 3 nitrogen and oxygen atoms in total. The molecule has 22 heavy (non-hydrogen) atoms. The van der Waals surface area contributed by atoms with Gasteiger partial charge in [-0.15, -0.1) is 0 Å². The highest BCUT2D eigenvalue weighted by Gasteiger charge is 2.11. The summed E-state index contributed by atoms with van der Waals surface area (Å²) in [6.07, 6.45) is 1.00. The van der Waals surface area contributed by atoms with Crippen molar-refractivity contribution in [3.8, 4) is 5.75 Å². The number of anilines is 1. The number of ether oxygens (including phenoxy) is 1. The Morgan fingerprint density at radius 2 is 1.86 bits per heavy atom. The van der Waals surface area contributed by atoms with Crippen LogP contribution in [0.15, 0.2) is 48.5 Å². The molecule has 0 aliphatic rings. The van der Waals surface area contributed by atoms with E-state index < -0.39 is 0 Å². The molecule has 1 unspecified atom stereocenters. The quantitative estimate of drug-likeness (QED) is 0.861. The minimum Gasteiger partial charge on any atom is -0.483 e. The highest BCUT2D eigenvalue weighted by Crippen LogP contribution is 2.28. The summed E-state index contributed by atoms with van der Waals surface area (Å²) in [7, 11) is 0. The molecular weight excluding hydrogens is 281 g/mol. The second-order valence-electron chi connectivity index (χ2n) is 5.19. The van der Waals surface area contributed by atoms with Gasteiger partial charge < -0.3 is 10.1 Å². The van der Waals surface area contributed by atoms with E-state index in [9.17, 15) is 9.18 Å². The van der Waals surface area contributed by atoms with Gasteiger partial charge in [-0.1, -0.05) is 32.0 Å². The van der Waals surface area contributed by atoms with Crippen LogP contribution in [0.25, 0.3) is 0 Å². The van der Waals surface area contributed by atoms with Crippen molar-refractivity contribution >= 4 is 11.6 Å². The van der Waals surface area contributed by atoms with Crippen LogP contribution in [0.5, 0.6) is 5.75 Å². The van der Waals surface area contributed by atoms with E-state index in [4.69, 9.17) is 4.74 Å². The molecule has 0 aliphatic heterocycles. The number of halogens is 1. The largest absolute Gasteiger partial charge is 0.483 e. The molecule has 0 aromatic heterocycles. The number of hydrogen-bond donors (Lipinski definition) is 1. The Kier molecular flexibility index (Phi) is 5.53. The summed E-state index contributed by atoms with van der Waals surface area (Å²) in [5.74, 6) is 0.491. The summed E-state index contributed by atoms with van der Waals surface area (Å²) in [5.41, 5.74) is 1.64. The number of rotatable bonds is 6. The van der Waals surface area contributed by atoms with Crippen LogP contribution in [0.4, 0.5) is 10.1 Å². The zero-order valence-corrected chi connectivity index (χ0v) is 12.8. The molecule has 0 saturated carbocycles. The molecule has 1 N–H and O–H groups in total. The van der Waals surface area contributed by atoms with Gasteiger partial charge in [0.2, 0.25) is 0 Å². The number of hydrogen-bond acceptors (Lipinski definition) is 2. The summed E-state index contributed by atoms with van der Waals surface area (Å²) < 4.78 is 18.4. The first-order valence-corrected chi connectivity index (χ1v) is 7.37. The minimum absolute atomic E-state index is 0.0785. The zero-order valence-electron chi connectivity index (χ0n) is 12.8. The van der Waals surface area contributed by atoms with Gasteiger partial charge in [0.15, 0.2) is 6.61 Å². The summed E-state index contributed by atoms with van der Waals surface area (Å²) in [4.78, 5) is 11.9. The molecule has 1 amide bonds. The van der Waals surface area contributed by atoms with Crippen molar-refractivity contribution in [2.45, 2.75) is 26.2 Å². The van der Waals surface area contributed by atoms with Gasteiger partial charge in [-0.2, -0.15) is 0 Å². The molecule has 0 aliphatic carbocycles. The monoisotopic (exact) mass is 301 g/mol. The van der Waals surface area contributed by atoms with E-state index in [2.05, 4.69) is 19.2 Å². The lowest BCUT2D eigenvalue weighted by molar-refractivity contribution is -0.118. The Morgan fingerprint density at radius 3 is 2.55 bits per heavy atom. The summed E-state index contributed by atoms with van der Waals surface area (Å²) in [6, 6.07) is 13.4. The first-order chi connectivity index (χ1) is 10.6. The molecular formula is C18H20FNO2. The number of benzene rings is 2. The van der Waals surface area contributed by atoms with E-state index in [1.54, 1.807) is 0 Å². The van der Waals surface area contributed by atoms with Gasteiger partial charge in [0, 0.05) is 5.69 Å². The lowest BCUT2D eigenvalue weighted by atomic mass is 9.98. The number of amides is 1. The van der Waals surface area contributed by atoms with Crippen LogP contribution in [-0.4, -0.2) is 12.5 Å². The molecule has 0 radical (unpaired) electrons. The van der Waals surface area contributed by atoms with Gasteiger partial charge in [-0.05, 0) is 48.2 Å². The van der Waals surface area contributed by atoms with Crippen molar-refractivity contribution in [2.24, 2.45) is 0 Å². The number of carbonyl (C=O) groups excluding carboxylic acids is 1. The Morgan fingerprint density at radius 1 is 1.18 bits per heavy atom. The van der Waals surface area contributed by atoms with Crippen LogP contribution in [-0.2, 0) is 4.79 Å². The lowest BCUT2D eigenvalue weighted by Gasteiger charge is -2.15. The van der Waals surface area contributed by atoms with E-state index in [1.807, 2.05) is 24.3 Å². The highest BCUT2D eigenvalue weighted by molar-refractivity contribution is 5.91.